The summed E-state index contributed by atoms with van der Waals surface area (Å²) in [5.41, 5.74) is 4.56. The van der Waals surface area contributed by atoms with Crippen molar-refractivity contribution in [2.45, 2.75) is 25.7 Å². The van der Waals surface area contributed by atoms with Crippen molar-refractivity contribution in [1.82, 2.24) is 9.78 Å². The number of hydrogen-bond donors (Lipinski definition) is 0. The van der Waals surface area contributed by atoms with Crippen LogP contribution < -0.4 is 0 Å². The predicted molar refractivity (Wildman–Crippen MR) is 100 cm³/mol. The standard InChI is InChI=1S/C20H16Cl2N2O/c1-12-20-18(24(23-12)17-8-6-16(22)7-9-17)10-14(11-19(20)25)13-2-4-15(21)5-3-13/h2-9,14H,10-11H2,1H3/t14-/m1/s1. The molecule has 0 bridgehead atoms. The van der Waals surface area contributed by atoms with E-state index in [0.717, 1.165) is 34.6 Å². The zero-order valence-corrected chi connectivity index (χ0v) is 15.2. The molecule has 3 aromatic rings. The Bertz CT molecular complexity index is 943. The molecule has 3 nitrogen and oxygen atoms in total. The maximum absolute atomic E-state index is 12.8. The number of ketones is 1. The van der Waals surface area contributed by atoms with Gasteiger partial charge in [-0.2, -0.15) is 5.10 Å². The highest BCUT2D eigenvalue weighted by Gasteiger charge is 2.32. The van der Waals surface area contributed by atoms with E-state index in [4.69, 9.17) is 23.2 Å². The van der Waals surface area contributed by atoms with Crippen LogP contribution >= 0.6 is 23.2 Å². The number of benzene rings is 2. The van der Waals surface area contributed by atoms with Gasteiger partial charge in [0.15, 0.2) is 5.78 Å². The zero-order valence-electron chi connectivity index (χ0n) is 13.7. The third kappa shape index (κ3) is 2.99. The SMILES string of the molecule is Cc1nn(-c2ccc(Cl)cc2)c2c1C(=O)C[C@H](c1ccc(Cl)cc1)C2. The zero-order chi connectivity index (χ0) is 17.6. The Balaban J connectivity index is 1.78. The molecule has 0 unspecified atom stereocenters. The quantitative estimate of drug-likeness (QED) is 0.605. The van der Waals surface area contributed by atoms with E-state index in [9.17, 15) is 4.79 Å². The van der Waals surface area contributed by atoms with Crippen molar-refractivity contribution >= 4 is 29.0 Å². The van der Waals surface area contributed by atoms with E-state index < -0.39 is 0 Å². The number of Topliss-reactive ketones (excluding diaryl/α,β-unsaturated/α-hetero) is 1. The Morgan fingerprint density at radius 3 is 2.20 bits per heavy atom. The van der Waals surface area contributed by atoms with Crippen molar-refractivity contribution in [3.8, 4) is 5.69 Å². The first-order valence-corrected chi connectivity index (χ1v) is 8.91. The van der Waals surface area contributed by atoms with Crippen LogP contribution in [-0.4, -0.2) is 15.6 Å². The minimum absolute atomic E-state index is 0.138. The van der Waals surface area contributed by atoms with Gasteiger partial charge in [0.2, 0.25) is 0 Å². The van der Waals surface area contributed by atoms with Crippen molar-refractivity contribution in [2.24, 2.45) is 0 Å². The van der Waals surface area contributed by atoms with Crippen LogP contribution in [0.25, 0.3) is 5.69 Å². The van der Waals surface area contributed by atoms with Gasteiger partial charge < -0.3 is 0 Å². The Labute approximate surface area is 156 Å². The van der Waals surface area contributed by atoms with Gasteiger partial charge in [-0.3, -0.25) is 4.79 Å². The van der Waals surface area contributed by atoms with Gasteiger partial charge in [-0.1, -0.05) is 35.3 Å². The summed E-state index contributed by atoms with van der Waals surface area (Å²) in [5.74, 6) is 0.290. The number of carbonyl (C=O) groups is 1. The van der Waals surface area contributed by atoms with Crippen LogP contribution in [-0.2, 0) is 6.42 Å². The van der Waals surface area contributed by atoms with Crippen molar-refractivity contribution < 1.29 is 4.79 Å². The van der Waals surface area contributed by atoms with Gasteiger partial charge in [0, 0.05) is 16.5 Å². The van der Waals surface area contributed by atoms with E-state index in [2.05, 4.69) is 5.10 Å². The van der Waals surface area contributed by atoms with Crippen LogP contribution in [0.2, 0.25) is 10.0 Å². The molecule has 0 amide bonds. The predicted octanol–water partition coefficient (Wildman–Crippen LogP) is 5.40. The fraction of sp³-hybridized carbons (Fsp3) is 0.200. The summed E-state index contributed by atoms with van der Waals surface area (Å²) in [6.07, 6.45) is 1.27. The summed E-state index contributed by atoms with van der Waals surface area (Å²) in [6, 6.07) is 15.3. The Hall–Kier alpha value is -2.10. The molecule has 0 fully saturated rings. The number of carbonyl (C=O) groups excluding carboxylic acids is 1. The van der Waals surface area contributed by atoms with Gasteiger partial charge in [0.25, 0.3) is 0 Å². The van der Waals surface area contributed by atoms with Crippen LogP contribution in [0.1, 0.15) is 39.6 Å². The largest absolute Gasteiger partial charge is 0.294 e. The molecule has 0 saturated carbocycles. The first-order chi connectivity index (χ1) is 12.0. The third-order valence-electron chi connectivity index (χ3n) is 4.72. The first-order valence-electron chi connectivity index (χ1n) is 8.16. The molecule has 4 rings (SSSR count). The lowest BCUT2D eigenvalue weighted by atomic mass is 9.81. The number of halogens is 2. The van der Waals surface area contributed by atoms with Crippen LogP contribution in [0.3, 0.4) is 0 Å². The van der Waals surface area contributed by atoms with Gasteiger partial charge in [-0.05, 0) is 61.2 Å². The van der Waals surface area contributed by atoms with E-state index in [1.54, 1.807) is 0 Å². The van der Waals surface area contributed by atoms with Gasteiger partial charge in [0.1, 0.15) is 0 Å². The second-order valence-electron chi connectivity index (χ2n) is 6.38. The lowest BCUT2D eigenvalue weighted by Crippen LogP contribution is -2.20. The highest BCUT2D eigenvalue weighted by molar-refractivity contribution is 6.30. The average Bonchev–Trinajstić information content (AvgIpc) is 2.93. The molecule has 0 spiro atoms. The maximum atomic E-state index is 12.8. The molecular weight excluding hydrogens is 355 g/mol. The fourth-order valence-corrected chi connectivity index (χ4v) is 3.78. The molecule has 0 N–H and O–H groups in total. The number of aryl methyl sites for hydroxylation is 1. The molecule has 5 heteroatoms. The van der Waals surface area contributed by atoms with Gasteiger partial charge >= 0.3 is 0 Å². The van der Waals surface area contributed by atoms with Crippen LogP contribution in [0.5, 0.6) is 0 Å². The van der Waals surface area contributed by atoms with E-state index >= 15 is 0 Å². The van der Waals surface area contributed by atoms with E-state index in [0.29, 0.717) is 16.5 Å². The second-order valence-corrected chi connectivity index (χ2v) is 7.25. The minimum Gasteiger partial charge on any atom is -0.294 e. The maximum Gasteiger partial charge on any atom is 0.167 e. The number of fused-ring (bicyclic) bond motifs is 1. The van der Waals surface area contributed by atoms with Gasteiger partial charge in [-0.15, -0.1) is 0 Å². The summed E-state index contributed by atoms with van der Waals surface area (Å²) in [4.78, 5) is 12.8. The molecule has 1 aliphatic carbocycles. The fourth-order valence-electron chi connectivity index (χ4n) is 3.52. The molecule has 126 valence electrons. The summed E-state index contributed by atoms with van der Waals surface area (Å²) in [6.45, 7) is 1.89. The number of aromatic nitrogens is 2. The molecule has 1 aliphatic rings. The van der Waals surface area contributed by atoms with Gasteiger partial charge in [0.05, 0.1) is 22.6 Å². The summed E-state index contributed by atoms with van der Waals surface area (Å²) in [7, 11) is 0. The highest BCUT2D eigenvalue weighted by atomic mass is 35.5. The van der Waals surface area contributed by atoms with Crippen LogP contribution in [0, 0.1) is 6.92 Å². The van der Waals surface area contributed by atoms with E-state index in [1.807, 2.05) is 60.1 Å². The normalized spacial score (nSPS) is 16.8. The van der Waals surface area contributed by atoms with Crippen LogP contribution in [0.15, 0.2) is 48.5 Å². The van der Waals surface area contributed by atoms with Crippen molar-refractivity contribution in [2.75, 3.05) is 0 Å². The van der Waals surface area contributed by atoms with Crippen LogP contribution in [0.4, 0.5) is 0 Å². The molecule has 0 saturated heterocycles. The second kappa shape index (κ2) is 6.32. The van der Waals surface area contributed by atoms with Crippen molar-refractivity contribution in [1.29, 1.82) is 0 Å². The number of rotatable bonds is 2. The molecule has 1 atom stereocenters. The Morgan fingerprint density at radius 1 is 0.960 bits per heavy atom. The molecular formula is C20H16Cl2N2O. The lowest BCUT2D eigenvalue weighted by molar-refractivity contribution is 0.0963. The summed E-state index contributed by atoms with van der Waals surface area (Å²) < 4.78 is 1.88. The molecule has 25 heavy (non-hydrogen) atoms. The number of hydrogen-bond acceptors (Lipinski definition) is 2. The smallest absolute Gasteiger partial charge is 0.167 e. The van der Waals surface area contributed by atoms with Crippen molar-refractivity contribution in [3.63, 3.8) is 0 Å². The molecule has 1 heterocycles. The lowest BCUT2D eigenvalue weighted by Gasteiger charge is -2.23. The number of nitrogens with zero attached hydrogens (tertiary/aromatic N) is 2. The third-order valence-corrected chi connectivity index (χ3v) is 5.22. The topological polar surface area (TPSA) is 34.9 Å². The monoisotopic (exact) mass is 370 g/mol. The Kier molecular flexibility index (Phi) is 4.14. The summed E-state index contributed by atoms with van der Waals surface area (Å²) in [5, 5.41) is 6.00. The van der Waals surface area contributed by atoms with E-state index in [-0.39, 0.29) is 11.7 Å². The molecule has 0 aliphatic heterocycles. The molecule has 1 aromatic heterocycles. The average molecular weight is 371 g/mol. The molecule has 0 radical (unpaired) electrons. The van der Waals surface area contributed by atoms with Gasteiger partial charge in [-0.25, -0.2) is 4.68 Å². The highest BCUT2D eigenvalue weighted by Crippen LogP contribution is 2.35. The summed E-state index contributed by atoms with van der Waals surface area (Å²) >= 11 is 12.0. The Morgan fingerprint density at radius 2 is 1.56 bits per heavy atom. The minimum atomic E-state index is 0.138. The first kappa shape index (κ1) is 16.4. The molecule has 2 aromatic carbocycles. The van der Waals surface area contributed by atoms with E-state index in [1.165, 1.54) is 0 Å². The van der Waals surface area contributed by atoms with Crippen molar-refractivity contribution in [3.05, 3.63) is 81.1 Å².